The van der Waals surface area contributed by atoms with E-state index in [1.165, 1.54) is 6.07 Å². The van der Waals surface area contributed by atoms with Crippen molar-refractivity contribution < 1.29 is 31.3 Å². The fraction of sp³-hybridized carbons (Fsp3) is 0.133. The largest absolute Gasteiger partial charge is 0.418 e. The number of nitro groups is 1. The van der Waals surface area contributed by atoms with Crippen molar-refractivity contribution in [3.63, 3.8) is 0 Å². The fourth-order valence-electron chi connectivity index (χ4n) is 2.05. The second-order valence-electron chi connectivity index (χ2n) is 5.14. The highest BCUT2D eigenvalue weighted by Crippen LogP contribution is 2.37. The second-order valence-corrected chi connectivity index (χ2v) is 5.55. The minimum Gasteiger partial charge on any atom is -0.332 e. The van der Waals surface area contributed by atoms with Crippen LogP contribution in [0.3, 0.4) is 0 Å². The van der Waals surface area contributed by atoms with Gasteiger partial charge in [-0.15, -0.1) is 0 Å². The van der Waals surface area contributed by atoms with E-state index in [9.17, 15) is 36.5 Å². The van der Waals surface area contributed by atoms with Gasteiger partial charge < -0.3 is 10.6 Å². The van der Waals surface area contributed by atoms with Crippen LogP contribution < -0.4 is 10.6 Å². The first kappa shape index (κ1) is 20.4. The van der Waals surface area contributed by atoms with Crippen LogP contribution in [-0.2, 0) is 12.4 Å². The Morgan fingerprint density at radius 3 is 2.19 bits per heavy atom. The van der Waals surface area contributed by atoms with Gasteiger partial charge in [-0.1, -0.05) is 6.07 Å². The van der Waals surface area contributed by atoms with Crippen molar-refractivity contribution in [1.29, 1.82) is 0 Å². The summed E-state index contributed by atoms with van der Waals surface area (Å²) >= 11 is 4.82. The van der Waals surface area contributed by atoms with Gasteiger partial charge in [-0.2, -0.15) is 26.3 Å². The summed E-state index contributed by atoms with van der Waals surface area (Å²) in [7, 11) is 0. The molecule has 0 aliphatic heterocycles. The van der Waals surface area contributed by atoms with Crippen LogP contribution in [0.25, 0.3) is 0 Å². The number of thiocarbonyl (C=S) groups is 1. The maximum absolute atomic E-state index is 13.1. The van der Waals surface area contributed by atoms with E-state index < -0.39 is 44.9 Å². The van der Waals surface area contributed by atoms with Crippen LogP contribution in [-0.4, -0.2) is 10.0 Å². The lowest BCUT2D eigenvalue weighted by atomic mass is 10.1. The zero-order valence-electron chi connectivity index (χ0n) is 13.0. The number of nitrogens with zero attached hydrogens (tertiary/aromatic N) is 1. The lowest BCUT2D eigenvalue weighted by molar-refractivity contribution is -0.385. The van der Waals surface area contributed by atoms with Gasteiger partial charge in [0.15, 0.2) is 5.11 Å². The molecule has 0 saturated carbocycles. The number of hydrogen-bond donors (Lipinski definition) is 2. The Labute approximate surface area is 153 Å². The normalized spacial score (nSPS) is 11.8. The van der Waals surface area contributed by atoms with Gasteiger partial charge in [-0.25, -0.2) is 0 Å². The van der Waals surface area contributed by atoms with Crippen molar-refractivity contribution >= 4 is 34.4 Å². The van der Waals surface area contributed by atoms with Crippen LogP contribution in [0.1, 0.15) is 11.1 Å². The van der Waals surface area contributed by atoms with Crippen LogP contribution in [0, 0.1) is 10.1 Å². The van der Waals surface area contributed by atoms with E-state index in [1.807, 2.05) is 0 Å². The van der Waals surface area contributed by atoms with E-state index in [4.69, 9.17) is 12.2 Å². The van der Waals surface area contributed by atoms with Gasteiger partial charge in [0.1, 0.15) is 0 Å². The molecule has 0 aromatic heterocycles. The number of alkyl halides is 6. The Morgan fingerprint density at radius 1 is 0.963 bits per heavy atom. The van der Waals surface area contributed by atoms with Crippen molar-refractivity contribution in [1.82, 2.24) is 0 Å². The van der Waals surface area contributed by atoms with Crippen molar-refractivity contribution in [2.24, 2.45) is 0 Å². The molecule has 0 amide bonds. The molecule has 144 valence electrons. The maximum Gasteiger partial charge on any atom is 0.418 e. The summed E-state index contributed by atoms with van der Waals surface area (Å²) < 4.78 is 77.4. The Morgan fingerprint density at radius 2 is 1.63 bits per heavy atom. The summed E-state index contributed by atoms with van der Waals surface area (Å²) in [4.78, 5) is 9.67. The molecule has 2 N–H and O–H groups in total. The van der Waals surface area contributed by atoms with Crippen LogP contribution in [0.5, 0.6) is 0 Å². The lowest BCUT2D eigenvalue weighted by Gasteiger charge is -2.16. The molecule has 2 rings (SSSR count). The molecule has 0 radical (unpaired) electrons. The summed E-state index contributed by atoms with van der Waals surface area (Å²) in [6.07, 6.45) is -9.52. The Kier molecular flexibility index (Phi) is 5.59. The standard InChI is InChI=1S/C15H9F6N3O2S/c16-14(17,18)8-2-1-3-9(6-8)22-13(27)23-12-5-4-10(24(25)26)7-11(12)15(19,20)21/h1-7H,(H2,22,23,27). The van der Waals surface area contributed by atoms with Gasteiger partial charge >= 0.3 is 12.4 Å². The molecule has 0 bridgehead atoms. The van der Waals surface area contributed by atoms with E-state index >= 15 is 0 Å². The summed E-state index contributed by atoms with van der Waals surface area (Å²) in [6.45, 7) is 0. The Balaban J connectivity index is 2.25. The minimum atomic E-state index is -4.92. The third-order valence-electron chi connectivity index (χ3n) is 3.22. The SMILES string of the molecule is O=[N+]([O-])c1ccc(NC(=S)Nc2cccc(C(F)(F)F)c2)c(C(F)(F)F)c1. The first-order chi connectivity index (χ1) is 12.4. The fourth-order valence-corrected chi connectivity index (χ4v) is 2.28. The Hall–Kier alpha value is -2.89. The van der Waals surface area contributed by atoms with E-state index in [1.54, 1.807) is 0 Å². The second kappa shape index (κ2) is 7.39. The highest BCUT2D eigenvalue weighted by atomic mass is 32.1. The summed E-state index contributed by atoms with van der Waals surface area (Å²) in [6, 6.07) is 5.86. The van der Waals surface area contributed by atoms with Gasteiger partial charge in [0.25, 0.3) is 5.69 Å². The number of nitrogens with one attached hydrogen (secondary N) is 2. The van der Waals surface area contributed by atoms with Gasteiger partial charge in [0, 0.05) is 17.8 Å². The van der Waals surface area contributed by atoms with Crippen molar-refractivity contribution in [3.8, 4) is 0 Å². The molecule has 0 fully saturated rings. The van der Waals surface area contributed by atoms with Crippen LogP contribution >= 0.6 is 12.2 Å². The molecule has 12 heteroatoms. The molecule has 0 saturated heterocycles. The van der Waals surface area contributed by atoms with Crippen molar-refractivity contribution in [3.05, 3.63) is 63.7 Å². The third-order valence-corrected chi connectivity index (χ3v) is 3.42. The molecule has 0 heterocycles. The number of halogens is 6. The maximum atomic E-state index is 13.1. The van der Waals surface area contributed by atoms with Gasteiger partial charge in [0.2, 0.25) is 0 Å². The molecule has 0 unspecified atom stereocenters. The average Bonchev–Trinajstić information content (AvgIpc) is 2.53. The molecule has 5 nitrogen and oxygen atoms in total. The monoisotopic (exact) mass is 409 g/mol. The summed E-state index contributed by atoms with van der Waals surface area (Å²) in [5.41, 5.74) is -3.77. The smallest absolute Gasteiger partial charge is 0.332 e. The first-order valence-corrected chi connectivity index (χ1v) is 7.39. The number of non-ortho nitro benzene ring substituents is 1. The number of anilines is 2. The molecule has 0 spiro atoms. The van der Waals surface area contributed by atoms with Gasteiger partial charge in [0.05, 0.1) is 21.7 Å². The average molecular weight is 409 g/mol. The molecule has 2 aromatic rings. The van der Waals surface area contributed by atoms with E-state index in [0.29, 0.717) is 6.07 Å². The first-order valence-electron chi connectivity index (χ1n) is 6.99. The predicted octanol–water partition coefficient (Wildman–Crippen LogP) is 5.44. The van der Waals surface area contributed by atoms with E-state index in [2.05, 4.69) is 10.6 Å². The van der Waals surface area contributed by atoms with E-state index in [0.717, 1.165) is 30.3 Å². The zero-order chi connectivity index (χ0) is 20.4. The van der Waals surface area contributed by atoms with Crippen molar-refractivity contribution in [2.75, 3.05) is 10.6 Å². The Bertz CT molecular complexity index is 883. The van der Waals surface area contributed by atoms with Gasteiger partial charge in [-0.05, 0) is 36.5 Å². The molecular weight excluding hydrogens is 400 g/mol. The van der Waals surface area contributed by atoms with Crippen LogP contribution in [0.15, 0.2) is 42.5 Å². The highest BCUT2D eigenvalue weighted by molar-refractivity contribution is 7.80. The lowest BCUT2D eigenvalue weighted by Crippen LogP contribution is -2.22. The molecule has 0 aliphatic carbocycles. The molecule has 2 aromatic carbocycles. The molecule has 0 atom stereocenters. The topological polar surface area (TPSA) is 67.2 Å². The summed E-state index contributed by atoms with van der Waals surface area (Å²) in [5, 5.41) is 14.8. The van der Waals surface area contributed by atoms with E-state index in [-0.39, 0.29) is 5.69 Å². The number of benzene rings is 2. The zero-order valence-corrected chi connectivity index (χ0v) is 13.8. The number of nitro benzene ring substituents is 1. The molecule has 0 aliphatic rings. The summed E-state index contributed by atoms with van der Waals surface area (Å²) in [5.74, 6) is 0. The molecular formula is C15H9F6N3O2S. The van der Waals surface area contributed by atoms with Crippen LogP contribution in [0.2, 0.25) is 0 Å². The number of hydrogen-bond acceptors (Lipinski definition) is 3. The van der Waals surface area contributed by atoms with Crippen molar-refractivity contribution in [2.45, 2.75) is 12.4 Å². The number of rotatable bonds is 3. The predicted molar refractivity (Wildman–Crippen MR) is 89.4 cm³/mol. The highest BCUT2D eigenvalue weighted by Gasteiger charge is 2.35. The van der Waals surface area contributed by atoms with Crippen LogP contribution in [0.4, 0.5) is 43.4 Å². The quantitative estimate of drug-likeness (QED) is 0.306. The minimum absolute atomic E-state index is 0.0993. The van der Waals surface area contributed by atoms with Gasteiger partial charge in [-0.3, -0.25) is 10.1 Å². The molecule has 27 heavy (non-hydrogen) atoms. The third kappa shape index (κ3) is 5.29.